The standard InChI is InChI=1S/C15H22.C2H6/c1-11-4-7-14(8-5-11)15-9-6-12(2)13(3)10-15;1-2/h6,9-11,14H,4-5,7-8H2,1-3H3;1-2H3. The van der Waals surface area contributed by atoms with Gasteiger partial charge in [-0.05, 0) is 55.2 Å². The first-order valence-electron chi connectivity index (χ1n) is 7.24. The first-order valence-corrected chi connectivity index (χ1v) is 7.24. The van der Waals surface area contributed by atoms with Crippen LogP contribution in [-0.2, 0) is 0 Å². The molecule has 0 N–H and O–H groups in total. The topological polar surface area (TPSA) is 0 Å². The van der Waals surface area contributed by atoms with Crippen LogP contribution < -0.4 is 0 Å². The van der Waals surface area contributed by atoms with Crippen molar-refractivity contribution in [3.05, 3.63) is 34.9 Å². The average Bonchev–Trinajstić information content (AvgIpc) is 2.36. The van der Waals surface area contributed by atoms with Gasteiger partial charge in [0.05, 0.1) is 0 Å². The summed E-state index contributed by atoms with van der Waals surface area (Å²) in [5.41, 5.74) is 4.44. The highest BCUT2D eigenvalue weighted by Gasteiger charge is 2.19. The summed E-state index contributed by atoms with van der Waals surface area (Å²) in [4.78, 5) is 0. The molecule has 0 spiro atoms. The van der Waals surface area contributed by atoms with E-state index in [-0.39, 0.29) is 0 Å². The summed E-state index contributed by atoms with van der Waals surface area (Å²) in [6, 6.07) is 7.02. The molecule has 0 atom stereocenters. The fraction of sp³-hybridized carbons (Fsp3) is 0.647. The average molecular weight is 232 g/mol. The van der Waals surface area contributed by atoms with Crippen LogP contribution in [0.25, 0.3) is 0 Å². The van der Waals surface area contributed by atoms with E-state index in [4.69, 9.17) is 0 Å². The molecule has 0 amide bonds. The van der Waals surface area contributed by atoms with E-state index < -0.39 is 0 Å². The Morgan fingerprint density at radius 3 is 2.00 bits per heavy atom. The predicted octanol–water partition coefficient (Wildman–Crippen LogP) is 5.62. The van der Waals surface area contributed by atoms with Gasteiger partial charge in [0.15, 0.2) is 0 Å². The molecule has 0 heteroatoms. The lowest BCUT2D eigenvalue weighted by Crippen LogP contribution is -2.10. The summed E-state index contributed by atoms with van der Waals surface area (Å²) in [7, 11) is 0. The van der Waals surface area contributed by atoms with E-state index in [9.17, 15) is 0 Å². The highest BCUT2D eigenvalue weighted by atomic mass is 14.2. The Hall–Kier alpha value is -0.780. The summed E-state index contributed by atoms with van der Waals surface area (Å²) in [6.07, 6.45) is 5.61. The summed E-state index contributed by atoms with van der Waals surface area (Å²) in [5.74, 6) is 1.79. The van der Waals surface area contributed by atoms with Crippen LogP contribution in [0.2, 0.25) is 0 Å². The molecule has 1 fully saturated rings. The second-order valence-electron chi connectivity index (χ2n) is 5.30. The van der Waals surface area contributed by atoms with Gasteiger partial charge in [-0.3, -0.25) is 0 Å². The minimum absolute atomic E-state index is 0.834. The molecule has 0 bridgehead atoms. The molecule has 1 aliphatic carbocycles. The molecular formula is C17H28. The third-order valence-electron chi connectivity index (χ3n) is 4.02. The van der Waals surface area contributed by atoms with Gasteiger partial charge in [0.2, 0.25) is 0 Å². The van der Waals surface area contributed by atoms with Crippen LogP contribution in [0.4, 0.5) is 0 Å². The van der Waals surface area contributed by atoms with E-state index in [0.717, 1.165) is 11.8 Å². The first-order chi connectivity index (χ1) is 8.16. The zero-order valence-electron chi connectivity index (χ0n) is 12.2. The molecule has 96 valence electrons. The fourth-order valence-electron chi connectivity index (χ4n) is 2.61. The summed E-state index contributed by atoms with van der Waals surface area (Å²) in [5, 5.41) is 0. The molecular weight excluding hydrogens is 204 g/mol. The predicted molar refractivity (Wildman–Crippen MR) is 77.6 cm³/mol. The molecule has 1 saturated carbocycles. The molecule has 0 unspecified atom stereocenters. The Morgan fingerprint density at radius 2 is 1.47 bits per heavy atom. The van der Waals surface area contributed by atoms with E-state index in [0.29, 0.717) is 0 Å². The highest BCUT2D eigenvalue weighted by Crippen LogP contribution is 2.35. The second kappa shape index (κ2) is 6.83. The van der Waals surface area contributed by atoms with Crippen LogP contribution in [0.1, 0.15) is 69.1 Å². The van der Waals surface area contributed by atoms with Gasteiger partial charge in [-0.25, -0.2) is 0 Å². The van der Waals surface area contributed by atoms with Gasteiger partial charge in [0.1, 0.15) is 0 Å². The molecule has 0 aliphatic heterocycles. The quantitative estimate of drug-likeness (QED) is 0.589. The first kappa shape index (κ1) is 14.3. The third kappa shape index (κ3) is 3.87. The van der Waals surface area contributed by atoms with Crippen molar-refractivity contribution in [3.8, 4) is 0 Å². The molecule has 1 aromatic carbocycles. The lowest BCUT2D eigenvalue weighted by molar-refractivity contribution is 0.348. The smallest absolute Gasteiger partial charge is 0.0162 e. The summed E-state index contributed by atoms with van der Waals surface area (Å²) < 4.78 is 0. The van der Waals surface area contributed by atoms with Crippen LogP contribution in [0.3, 0.4) is 0 Å². The van der Waals surface area contributed by atoms with Crippen LogP contribution in [-0.4, -0.2) is 0 Å². The maximum Gasteiger partial charge on any atom is -0.0162 e. The lowest BCUT2D eigenvalue weighted by Gasteiger charge is -2.26. The van der Waals surface area contributed by atoms with E-state index in [1.54, 1.807) is 5.56 Å². The Labute approximate surface area is 107 Å². The van der Waals surface area contributed by atoms with Crippen molar-refractivity contribution in [2.24, 2.45) is 5.92 Å². The Morgan fingerprint density at radius 1 is 0.882 bits per heavy atom. The molecule has 0 heterocycles. The van der Waals surface area contributed by atoms with Crippen molar-refractivity contribution >= 4 is 0 Å². The van der Waals surface area contributed by atoms with Gasteiger partial charge in [-0.1, -0.05) is 51.8 Å². The number of hydrogen-bond acceptors (Lipinski definition) is 0. The van der Waals surface area contributed by atoms with Gasteiger partial charge in [0, 0.05) is 0 Å². The number of aryl methyl sites for hydroxylation is 2. The maximum atomic E-state index is 2.40. The van der Waals surface area contributed by atoms with E-state index >= 15 is 0 Å². The van der Waals surface area contributed by atoms with E-state index in [1.807, 2.05) is 13.8 Å². The Bertz CT molecular complexity index is 330. The zero-order chi connectivity index (χ0) is 12.8. The summed E-state index contributed by atoms with van der Waals surface area (Å²) in [6.45, 7) is 10.8. The Balaban J connectivity index is 0.000000686. The van der Waals surface area contributed by atoms with Gasteiger partial charge >= 0.3 is 0 Å². The molecule has 0 radical (unpaired) electrons. The third-order valence-corrected chi connectivity index (χ3v) is 4.02. The van der Waals surface area contributed by atoms with Crippen LogP contribution in [0.5, 0.6) is 0 Å². The normalized spacial score (nSPS) is 23.8. The van der Waals surface area contributed by atoms with Crippen molar-refractivity contribution in [1.29, 1.82) is 0 Å². The van der Waals surface area contributed by atoms with Gasteiger partial charge < -0.3 is 0 Å². The van der Waals surface area contributed by atoms with Crippen LogP contribution >= 0.6 is 0 Å². The SMILES string of the molecule is CC.Cc1ccc(C2CCC(C)CC2)cc1C. The minimum atomic E-state index is 0.834. The lowest BCUT2D eigenvalue weighted by atomic mass is 9.79. The molecule has 1 aliphatic rings. The second-order valence-corrected chi connectivity index (χ2v) is 5.30. The maximum absolute atomic E-state index is 2.40. The van der Waals surface area contributed by atoms with E-state index in [1.165, 1.54) is 36.8 Å². The van der Waals surface area contributed by atoms with Crippen LogP contribution in [0, 0.1) is 19.8 Å². The van der Waals surface area contributed by atoms with E-state index in [2.05, 4.69) is 39.0 Å². The minimum Gasteiger partial charge on any atom is -0.0683 e. The van der Waals surface area contributed by atoms with Crippen LogP contribution in [0.15, 0.2) is 18.2 Å². The monoisotopic (exact) mass is 232 g/mol. The van der Waals surface area contributed by atoms with Crippen molar-refractivity contribution in [3.63, 3.8) is 0 Å². The molecule has 0 aromatic heterocycles. The molecule has 0 nitrogen and oxygen atoms in total. The number of rotatable bonds is 1. The van der Waals surface area contributed by atoms with Crippen molar-refractivity contribution < 1.29 is 0 Å². The fourth-order valence-corrected chi connectivity index (χ4v) is 2.61. The van der Waals surface area contributed by atoms with Gasteiger partial charge in [-0.15, -0.1) is 0 Å². The number of hydrogen-bond donors (Lipinski definition) is 0. The molecule has 2 rings (SSSR count). The molecule has 17 heavy (non-hydrogen) atoms. The van der Waals surface area contributed by atoms with Crippen molar-refractivity contribution in [2.75, 3.05) is 0 Å². The molecule has 0 saturated heterocycles. The summed E-state index contributed by atoms with van der Waals surface area (Å²) >= 11 is 0. The van der Waals surface area contributed by atoms with Gasteiger partial charge in [-0.2, -0.15) is 0 Å². The van der Waals surface area contributed by atoms with Crippen molar-refractivity contribution in [2.45, 2.75) is 66.2 Å². The Kier molecular flexibility index (Phi) is 5.74. The zero-order valence-corrected chi connectivity index (χ0v) is 12.2. The van der Waals surface area contributed by atoms with Crippen molar-refractivity contribution in [1.82, 2.24) is 0 Å². The van der Waals surface area contributed by atoms with Gasteiger partial charge in [0.25, 0.3) is 0 Å². The highest BCUT2D eigenvalue weighted by molar-refractivity contribution is 5.32. The largest absolute Gasteiger partial charge is 0.0683 e. The number of benzene rings is 1. The molecule has 1 aromatic rings.